The van der Waals surface area contributed by atoms with Gasteiger partial charge in [-0.1, -0.05) is 12.1 Å². The van der Waals surface area contributed by atoms with Crippen molar-refractivity contribution in [2.24, 2.45) is 0 Å². The van der Waals surface area contributed by atoms with E-state index in [-0.39, 0.29) is 49.3 Å². The highest BCUT2D eigenvalue weighted by Crippen LogP contribution is 2.33. The summed E-state index contributed by atoms with van der Waals surface area (Å²) in [5, 5.41) is 0. The van der Waals surface area contributed by atoms with Crippen molar-refractivity contribution in [1.82, 2.24) is 9.21 Å². The van der Waals surface area contributed by atoms with E-state index in [1.54, 1.807) is 12.1 Å². The number of hydrogen-bond donors (Lipinski definition) is 0. The van der Waals surface area contributed by atoms with Crippen LogP contribution in [0.4, 0.5) is 4.39 Å². The van der Waals surface area contributed by atoms with Crippen molar-refractivity contribution in [3.05, 3.63) is 48.3 Å². The molecule has 0 bridgehead atoms. The number of amides is 1. The number of hydrogen-bond acceptors (Lipinski definition) is 6. The smallest absolute Gasteiger partial charge is 0.260 e. The van der Waals surface area contributed by atoms with Gasteiger partial charge >= 0.3 is 0 Å². The molecule has 2 aliphatic heterocycles. The molecule has 31 heavy (non-hydrogen) atoms. The quantitative estimate of drug-likeness (QED) is 0.692. The summed E-state index contributed by atoms with van der Waals surface area (Å²) < 4.78 is 57.4. The zero-order chi connectivity index (χ0) is 21.8. The fourth-order valence-electron chi connectivity index (χ4n) is 3.42. The van der Waals surface area contributed by atoms with Gasteiger partial charge in [-0.25, -0.2) is 12.8 Å². The van der Waals surface area contributed by atoms with Crippen molar-refractivity contribution in [2.45, 2.75) is 11.3 Å². The van der Waals surface area contributed by atoms with Crippen LogP contribution < -0.4 is 14.2 Å². The maximum absolute atomic E-state index is 13.6. The SMILES string of the molecule is O=C(COc1ccccc1F)N1CCN(S(=O)(=O)c2ccc3c(c2)OCCCO3)CC1. The number of sulfonamides is 1. The van der Waals surface area contributed by atoms with Crippen molar-refractivity contribution in [2.75, 3.05) is 46.0 Å². The molecular formula is C21H23FN2O6S. The molecule has 0 saturated carbocycles. The molecule has 1 amide bonds. The van der Waals surface area contributed by atoms with Crippen molar-refractivity contribution >= 4 is 15.9 Å². The third kappa shape index (κ3) is 4.75. The number of ether oxygens (including phenoxy) is 3. The van der Waals surface area contributed by atoms with Crippen LogP contribution >= 0.6 is 0 Å². The molecule has 166 valence electrons. The van der Waals surface area contributed by atoms with Crippen LogP contribution in [0.15, 0.2) is 47.4 Å². The first-order valence-corrected chi connectivity index (χ1v) is 11.4. The van der Waals surface area contributed by atoms with E-state index in [1.807, 2.05) is 0 Å². The summed E-state index contributed by atoms with van der Waals surface area (Å²) in [6.45, 7) is 1.44. The van der Waals surface area contributed by atoms with E-state index in [2.05, 4.69) is 0 Å². The van der Waals surface area contributed by atoms with Gasteiger partial charge in [0.1, 0.15) is 0 Å². The number of halogens is 1. The molecule has 2 aliphatic rings. The van der Waals surface area contributed by atoms with Crippen molar-refractivity contribution in [1.29, 1.82) is 0 Å². The van der Waals surface area contributed by atoms with Gasteiger partial charge in [-0.15, -0.1) is 0 Å². The van der Waals surface area contributed by atoms with Gasteiger partial charge in [0.15, 0.2) is 29.7 Å². The molecule has 2 aromatic rings. The van der Waals surface area contributed by atoms with Gasteiger partial charge in [0.2, 0.25) is 10.0 Å². The standard InChI is InChI=1S/C21H23FN2O6S/c22-17-4-1-2-5-18(17)30-15-21(25)23-8-10-24(11-9-23)31(26,27)16-6-7-19-20(14-16)29-13-3-12-28-19/h1-2,4-7,14H,3,8-13,15H2. The minimum atomic E-state index is -3.74. The molecule has 0 atom stereocenters. The summed E-state index contributed by atoms with van der Waals surface area (Å²) in [5.74, 6) is 0.0862. The first-order valence-electron chi connectivity index (χ1n) is 10.00. The first kappa shape index (κ1) is 21.4. The molecule has 1 fully saturated rings. The van der Waals surface area contributed by atoms with E-state index < -0.39 is 15.8 Å². The van der Waals surface area contributed by atoms with Gasteiger partial charge in [-0.2, -0.15) is 4.31 Å². The van der Waals surface area contributed by atoms with Gasteiger partial charge < -0.3 is 19.1 Å². The molecule has 10 heteroatoms. The van der Waals surface area contributed by atoms with Crippen LogP contribution in [0.2, 0.25) is 0 Å². The monoisotopic (exact) mass is 450 g/mol. The van der Waals surface area contributed by atoms with Crippen LogP contribution in [0.1, 0.15) is 6.42 Å². The van der Waals surface area contributed by atoms with Crippen LogP contribution in [0, 0.1) is 5.82 Å². The lowest BCUT2D eigenvalue weighted by atomic mass is 10.3. The van der Waals surface area contributed by atoms with E-state index in [4.69, 9.17) is 14.2 Å². The summed E-state index contributed by atoms with van der Waals surface area (Å²) in [7, 11) is -3.74. The van der Waals surface area contributed by atoms with E-state index in [1.165, 1.54) is 39.5 Å². The van der Waals surface area contributed by atoms with Crippen LogP contribution in [-0.2, 0) is 14.8 Å². The second-order valence-electron chi connectivity index (χ2n) is 7.16. The highest BCUT2D eigenvalue weighted by atomic mass is 32.2. The Labute approximate surface area is 180 Å². The zero-order valence-corrected chi connectivity index (χ0v) is 17.6. The third-order valence-corrected chi connectivity index (χ3v) is 7.03. The number of carbonyl (C=O) groups excluding carboxylic acids is 1. The van der Waals surface area contributed by atoms with E-state index in [0.717, 1.165) is 6.42 Å². The number of fused-ring (bicyclic) bond motifs is 1. The third-order valence-electron chi connectivity index (χ3n) is 5.14. The fourth-order valence-corrected chi connectivity index (χ4v) is 4.86. The summed E-state index contributed by atoms with van der Waals surface area (Å²) >= 11 is 0. The normalized spacial score (nSPS) is 17.1. The average molecular weight is 450 g/mol. The Hall–Kier alpha value is -2.85. The summed E-state index contributed by atoms with van der Waals surface area (Å²) in [4.78, 5) is 14.0. The topological polar surface area (TPSA) is 85.4 Å². The van der Waals surface area contributed by atoms with Gasteiger partial charge in [0.25, 0.3) is 5.91 Å². The minimum Gasteiger partial charge on any atom is -0.490 e. The Kier molecular flexibility index (Phi) is 6.28. The Bertz CT molecular complexity index is 1050. The molecule has 2 heterocycles. The lowest BCUT2D eigenvalue weighted by Gasteiger charge is -2.34. The number of carbonyl (C=O) groups is 1. The van der Waals surface area contributed by atoms with E-state index >= 15 is 0 Å². The zero-order valence-electron chi connectivity index (χ0n) is 16.8. The highest BCUT2D eigenvalue weighted by Gasteiger charge is 2.31. The van der Waals surface area contributed by atoms with Gasteiger partial charge in [-0.05, 0) is 24.3 Å². The molecule has 8 nitrogen and oxygen atoms in total. The molecule has 0 radical (unpaired) electrons. The maximum atomic E-state index is 13.6. The minimum absolute atomic E-state index is 0.00599. The largest absolute Gasteiger partial charge is 0.490 e. The Balaban J connectivity index is 1.36. The Morgan fingerprint density at radius 2 is 1.71 bits per heavy atom. The summed E-state index contributed by atoms with van der Waals surface area (Å²) in [6.07, 6.45) is 0.730. The summed E-state index contributed by atoms with van der Waals surface area (Å²) in [5.41, 5.74) is 0. The van der Waals surface area contributed by atoms with Crippen LogP contribution in [0.3, 0.4) is 0 Å². The molecule has 2 aromatic carbocycles. The average Bonchev–Trinajstić information content (AvgIpc) is 3.03. The Morgan fingerprint density at radius 3 is 2.45 bits per heavy atom. The van der Waals surface area contributed by atoms with Crippen molar-refractivity contribution < 1.29 is 31.8 Å². The predicted octanol–water partition coefficient (Wildman–Crippen LogP) is 1.90. The van der Waals surface area contributed by atoms with E-state index in [9.17, 15) is 17.6 Å². The van der Waals surface area contributed by atoms with E-state index in [0.29, 0.717) is 24.7 Å². The molecular weight excluding hydrogens is 427 g/mol. The van der Waals surface area contributed by atoms with Gasteiger partial charge in [0.05, 0.1) is 18.1 Å². The lowest BCUT2D eigenvalue weighted by Crippen LogP contribution is -2.51. The lowest BCUT2D eigenvalue weighted by molar-refractivity contribution is -0.134. The number of rotatable bonds is 5. The van der Waals surface area contributed by atoms with Crippen LogP contribution in [0.5, 0.6) is 17.2 Å². The maximum Gasteiger partial charge on any atom is 0.260 e. The molecule has 0 unspecified atom stereocenters. The molecule has 0 spiro atoms. The Morgan fingerprint density at radius 1 is 1.00 bits per heavy atom. The summed E-state index contributed by atoms with van der Waals surface area (Å²) in [6, 6.07) is 10.4. The molecule has 0 N–H and O–H groups in total. The van der Waals surface area contributed by atoms with Crippen LogP contribution in [0.25, 0.3) is 0 Å². The number of nitrogens with zero attached hydrogens (tertiary/aromatic N) is 2. The van der Waals surface area contributed by atoms with Crippen molar-refractivity contribution in [3.8, 4) is 17.2 Å². The van der Waals surface area contributed by atoms with Crippen molar-refractivity contribution in [3.63, 3.8) is 0 Å². The second kappa shape index (κ2) is 9.11. The molecule has 4 rings (SSSR count). The second-order valence-corrected chi connectivity index (χ2v) is 9.10. The molecule has 0 aromatic heterocycles. The number of benzene rings is 2. The molecule has 0 aliphatic carbocycles. The van der Waals surface area contributed by atoms with Gasteiger partial charge in [0, 0.05) is 38.7 Å². The first-order chi connectivity index (χ1) is 14.9. The fraction of sp³-hybridized carbons (Fsp3) is 0.381. The molecule has 1 saturated heterocycles. The van der Waals surface area contributed by atoms with Gasteiger partial charge in [-0.3, -0.25) is 4.79 Å². The highest BCUT2D eigenvalue weighted by molar-refractivity contribution is 7.89. The number of piperazine rings is 1. The van der Waals surface area contributed by atoms with Crippen LogP contribution in [-0.4, -0.2) is 69.5 Å². The number of para-hydroxylation sites is 1. The predicted molar refractivity (Wildman–Crippen MR) is 109 cm³/mol.